The number of carbonyl (C=O) groups is 1. The summed E-state index contributed by atoms with van der Waals surface area (Å²) in [6.45, 7) is 0.423. The van der Waals surface area contributed by atoms with Gasteiger partial charge in [0.1, 0.15) is 0 Å². The lowest BCUT2D eigenvalue weighted by molar-refractivity contribution is 0.0697. The average Bonchev–Trinajstić information content (AvgIpc) is 3.05. The highest BCUT2D eigenvalue weighted by Crippen LogP contribution is 2.24. The molecule has 2 heterocycles. The summed E-state index contributed by atoms with van der Waals surface area (Å²) in [5, 5.41) is 9.34. The van der Waals surface area contributed by atoms with Crippen molar-refractivity contribution in [3.63, 3.8) is 0 Å². The number of H-pyrrole nitrogens is 1. The number of benzene rings is 2. The summed E-state index contributed by atoms with van der Waals surface area (Å²) in [6.07, 6.45) is 1.54. The molecule has 134 valence electrons. The molecule has 8 nitrogen and oxygen atoms in total. The summed E-state index contributed by atoms with van der Waals surface area (Å²) < 4.78 is 1.70. The van der Waals surface area contributed by atoms with Crippen molar-refractivity contribution in [2.24, 2.45) is 0 Å². The van der Waals surface area contributed by atoms with Crippen LogP contribution in [0.2, 0.25) is 0 Å². The van der Waals surface area contributed by atoms with Crippen molar-refractivity contribution >= 4 is 23.1 Å². The summed E-state index contributed by atoms with van der Waals surface area (Å²) in [5.74, 6) is -0.940. The van der Waals surface area contributed by atoms with Crippen molar-refractivity contribution in [3.8, 4) is 11.1 Å². The molecule has 4 rings (SSSR count). The van der Waals surface area contributed by atoms with Crippen molar-refractivity contribution in [2.75, 3.05) is 5.73 Å². The molecule has 0 aliphatic heterocycles. The van der Waals surface area contributed by atoms with Gasteiger partial charge >= 0.3 is 5.97 Å². The molecule has 0 aliphatic carbocycles. The van der Waals surface area contributed by atoms with Gasteiger partial charge < -0.3 is 15.4 Å². The first kappa shape index (κ1) is 16.5. The van der Waals surface area contributed by atoms with E-state index in [2.05, 4.69) is 15.0 Å². The van der Waals surface area contributed by atoms with Gasteiger partial charge in [0, 0.05) is 6.54 Å². The van der Waals surface area contributed by atoms with Gasteiger partial charge in [-0.25, -0.2) is 9.78 Å². The second-order valence-electron chi connectivity index (χ2n) is 6.04. The van der Waals surface area contributed by atoms with E-state index in [0.717, 1.165) is 11.1 Å². The molecule has 0 spiro atoms. The maximum atomic E-state index is 12.1. The third kappa shape index (κ3) is 3.04. The molecule has 4 aromatic rings. The summed E-state index contributed by atoms with van der Waals surface area (Å²) in [4.78, 5) is 34.1. The highest BCUT2D eigenvalue weighted by atomic mass is 16.4. The number of fused-ring (bicyclic) bond motifs is 1. The summed E-state index contributed by atoms with van der Waals surface area (Å²) in [6, 6.07) is 14.3. The molecule has 0 saturated carbocycles. The zero-order valence-electron chi connectivity index (χ0n) is 14.1. The molecular weight excluding hydrogens is 346 g/mol. The third-order valence-corrected chi connectivity index (χ3v) is 4.28. The number of carboxylic acid groups (broad SMARTS) is 1. The fraction of sp³-hybridized carbons (Fsp3) is 0.0526. The molecule has 4 N–H and O–H groups in total. The Labute approximate surface area is 152 Å². The maximum absolute atomic E-state index is 12.1. The zero-order valence-corrected chi connectivity index (χ0v) is 14.1. The summed E-state index contributed by atoms with van der Waals surface area (Å²) in [7, 11) is 0. The van der Waals surface area contributed by atoms with Gasteiger partial charge in [-0.2, -0.15) is 4.98 Å². The molecule has 0 radical (unpaired) electrons. The number of rotatable bonds is 4. The molecule has 0 aliphatic rings. The van der Waals surface area contributed by atoms with Crippen LogP contribution >= 0.6 is 0 Å². The lowest BCUT2D eigenvalue weighted by Gasteiger charge is -2.08. The number of nitrogens with one attached hydrogen (secondary N) is 1. The highest BCUT2D eigenvalue weighted by molar-refractivity contribution is 5.96. The lowest BCUT2D eigenvalue weighted by atomic mass is 9.99. The number of aromatic carboxylic acids is 1. The minimum Gasteiger partial charge on any atom is -0.478 e. The molecular formula is C19H15N5O3. The SMILES string of the molecule is Nc1nc2ncn(Cc3ccc(-c4ccccc4C(=O)O)cc3)c2c(=O)[nH]1. The predicted octanol–water partition coefficient (Wildman–Crippen LogP) is 2.12. The van der Waals surface area contributed by atoms with Gasteiger partial charge in [-0.15, -0.1) is 0 Å². The normalized spacial score (nSPS) is 11.0. The molecule has 2 aromatic heterocycles. The van der Waals surface area contributed by atoms with Gasteiger partial charge in [-0.05, 0) is 22.8 Å². The quantitative estimate of drug-likeness (QED) is 0.511. The molecule has 0 amide bonds. The number of hydrogen-bond acceptors (Lipinski definition) is 5. The first-order valence-corrected chi connectivity index (χ1v) is 8.15. The Kier molecular flexibility index (Phi) is 3.92. The number of aromatic nitrogens is 4. The number of aromatic amines is 1. The van der Waals surface area contributed by atoms with Crippen LogP contribution < -0.4 is 11.3 Å². The van der Waals surface area contributed by atoms with Gasteiger partial charge in [0.25, 0.3) is 5.56 Å². The molecule has 0 saturated heterocycles. The van der Waals surface area contributed by atoms with Crippen LogP contribution in [0.15, 0.2) is 59.7 Å². The van der Waals surface area contributed by atoms with Crippen LogP contribution in [0.1, 0.15) is 15.9 Å². The Bertz CT molecular complexity index is 1210. The van der Waals surface area contributed by atoms with Crippen LogP contribution in [-0.2, 0) is 6.54 Å². The molecule has 0 fully saturated rings. The molecule has 27 heavy (non-hydrogen) atoms. The Balaban J connectivity index is 1.67. The van der Waals surface area contributed by atoms with Gasteiger partial charge in [0.05, 0.1) is 11.9 Å². The number of nitrogen functional groups attached to an aromatic ring is 1. The minimum atomic E-state index is -0.967. The Morgan fingerprint density at radius 3 is 2.63 bits per heavy atom. The molecule has 0 unspecified atom stereocenters. The smallest absolute Gasteiger partial charge is 0.336 e. The molecule has 0 bridgehead atoms. The number of imidazole rings is 1. The van der Waals surface area contributed by atoms with E-state index in [1.165, 1.54) is 0 Å². The molecule has 8 heteroatoms. The van der Waals surface area contributed by atoms with Crippen LogP contribution in [0.4, 0.5) is 5.95 Å². The van der Waals surface area contributed by atoms with Gasteiger partial charge in [0.2, 0.25) is 5.95 Å². The Morgan fingerprint density at radius 1 is 1.15 bits per heavy atom. The summed E-state index contributed by atoms with van der Waals surface area (Å²) >= 11 is 0. The van der Waals surface area contributed by atoms with Crippen LogP contribution in [0.3, 0.4) is 0 Å². The second-order valence-corrected chi connectivity index (χ2v) is 6.04. The fourth-order valence-electron chi connectivity index (χ4n) is 3.03. The van der Waals surface area contributed by atoms with Crippen molar-refractivity contribution in [1.29, 1.82) is 0 Å². The van der Waals surface area contributed by atoms with Gasteiger partial charge in [-0.1, -0.05) is 42.5 Å². The largest absolute Gasteiger partial charge is 0.478 e. The first-order chi connectivity index (χ1) is 13.0. The predicted molar refractivity (Wildman–Crippen MR) is 101 cm³/mol. The van der Waals surface area contributed by atoms with E-state index in [9.17, 15) is 14.7 Å². The average molecular weight is 361 g/mol. The maximum Gasteiger partial charge on any atom is 0.336 e. The van der Waals surface area contributed by atoms with Crippen LogP contribution in [-0.4, -0.2) is 30.6 Å². The molecule has 0 atom stereocenters. The third-order valence-electron chi connectivity index (χ3n) is 4.28. The summed E-state index contributed by atoms with van der Waals surface area (Å²) in [5.41, 5.74) is 8.48. The van der Waals surface area contributed by atoms with Crippen molar-refractivity contribution in [3.05, 3.63) is 76.3 Å². The molecule has 2 aromatic carbocycles. The van der Waals surface area contributed by atoms with Gasteiger partial charge in [0.15, 0.2) is 11.2 Å². The van der Waals surface area contributed by atoms with Crippen molar-refractivity contribution < 1.29 is 9.90 Å². The number of hydrogen-bond donors (Lipinski definition) is 3. The van der Waals surface area contributed by atoms with Crippen LogP contribution in [0.5, 0.6) is 0 Å². The van der Waals surface area contributed by atoms with E-state index < -0.39 is 5.97 Å². The zero-order chi connectivity index (χ0) is 19.0. The minimum absolute atomic E-state index is 0.0270. The van der Waals surface area contributed by atoms with E-state index >= 15 is 0 Å². The van der Waals surface area contributed by atoms with Gasteiger partial charge in [-0.3, -0.25) is 9.78 Å². The standard InChI is InChI=1S/C19H15N5O3/c20-19-22-16-15(17(25)23-19)24(10-21-16)9-11-5-7-12(8-6-11)13-3-1-2-4-14(13)18(26)27/h1-8,10H,9H2,(H,26,27)(H3,20,22,23,25). The van der Waals surface area contributed by atoms with Crippen molar-refractivity contribution in [1.82, 2.24) is 19.5 Å². The van der Waals surface area contributed by atoms with E-state index in [0.29, 0.717) is 23.3 Å². The lowest BCUT2D eigenvalue weighted by Crippen LogP contribution is -2.14. The number of nitrogens with zero attached hydrogens (tertiary/aromatic N) is 3. The Hall–Kier alpha value is -3.94. The topological polar surface area (TPSA) is 127 Å². The van der Waals surface area contributed by atoms with Crippen molar-refractivity contribution in [2.45, 2.75) is 6.54 Å². The van der Waals surface area contributed by atoms with Crippen LogP contribution in [0.25, 0.3) is 22.3 Å². The van der Waals surface area contributed by atoms with Crippen LogP contribution in [0, 0.1) is 0 Å². The number of anilines is 1. The van der Waals surface area contributed by atoms with E-state index in [4.69, 9.17) is 5.73 Å². The van der Waals surface area contributed by atoms with E-state index in [-0.39, 0.29) is 17.1 Å². The van der Waals surface area contributed by atoms with E-state index in [1.807, 2.05) is 24.3 Å². The Morgan fingerprint density at radius 2 is 1.89 bits per heavy atom. The number of nitrogens with two attached hydrogens (primary N) is 1. The fourth-order valence-corrected chi connectivity index (χ4v) is 3.03. The second kappa shape index (κ2) is 6.41. The first-order valence-electron chi connectivity index (χ1n) is 8.15. The monoisotopic (exact) mass is 361 g/mol. The van der Waals surface area contributed by atoms with E-state index in [1.54, 1.807) is 35.2 Å². The number of carboxylic acids is 1. The highest BCUT2D eigenvalue weighted by Gasteiger charge is 2.12.